The molecule has 0 unspecified atom stereocenters. The minimum absolute atomic E-state index is 0.133. The summed E-state index contributed by atoms with van der Waals surface area (Å²) in [5.74, 6) is 0. The molecule has 0 saturated carbocycles. The summed E-state index contributed by atoms with van der Waals surface area (Å²) in [7, 11) is 0. The van der Waals surface area contributed by atoms with Gasteiger partial charge in [-0.3, -0.25) is 0 Å². The molecular weight excluding hydrogens is 797 g/mol. The van der Waals surface area contributed by atoms with Gasteiger partial charge in [-0.25, -0.2) is 0 Å². The minimum atomic E-state index is -0.494. The summed E-state index contributed by atoms with van der Waals surface area (Å²) in [4.78, 5) is 2.44. The van der Waals surface area contributed by atoms with Crippen molar-refractivity contribution in [2.24, 2.45) is 0 Å². The zero-order valence-electron chi connectivity index (χ0n) is 37.1. The summed E-state index contributed by atoms with van der Waals surface area (Å²) < 4.78 is 2.41. The molecule has 1 aliphatic carbocycles. The number of hydrogen-bond acceptors (Lipinski definition) is 1. The highest BCUT2D eigenvalue weighted by molar-refractivity contribution is 6.10. The van der Waals surface area contributed by atoms with Gasteiger partial charge in [-0.2, -0.15) is 0 Å². The normalized spacial score (nSPS) is 12.8. The van der Waals surface area contributed by atoms with E-state index in [-0.39, 0.29) is 5.41 Å². The molecular formula is C64H48N2. The van der Waals surface area contributed by atoms with Gasteiger partial charge >= 0.3 is 0 Å². The van der Waals surface area contributed by atoms with E-state index in [0.29, 0.717) is 0 Å². The van der Waals surface area contributed by atoms with Crippen molar-refractivity contribution in [1.29, 1.82) is 0 Å². The van der Waals surface area contributed by atoms with Gasteiger partial charge in [0.15, 0.2) is 0 Å². The smallest absolute Gasteiger partial charge is 0.0701 e. The van der Waals surface area contributed by atoms with Crippen molar-refractivity contribution < 1.29 is 0 Å². The van der Waals surface area contributed by atoms with Crippen molar-refractivity contribution in [3.8, 4) is 27.9 Å². The summed E-state index contributed by atoms with van der Waals surface area (Å²) in [5.41, 5.74) is 18.9. The number of nitrogens with zero attached hydrogens (tertiary/aromatic N) is 2. The number of rotatable bonds is 9. The zero-order chi connectivity index (χ0) is 44.2. The molecule has 0 atom stereocenters. The second kappa shape index (κ2) is 15.8. The van der Waals surface area contributed by atoms with Crippen LogP contribution >= 0.6 is 0 Å². The standard InChI is InChI=1S/C64H48N2/c1-63(2)59-29-17-15-27-55(59)56-41-39-53(43-60(56)63)65(54-40-42-58-57-28-16-18-30-61(57)66(62(58)44-54)51-25-13-6-14-26-51)52-37-33-46(34-38-52)45-31-35-50(36-32-45)64(47-19-7-3-8-20-47,48-21-9-4-10-22-48)49-23-11-5-12-24-49/h3-44H,1-2H3. The summed E-state index contributed by atoms with van der Waals surface area (Å²) in [6, 6.07) is 93.6. The Balaban J connectivity index is 0.987. The largest absolute Gasteiger partial charge is 0.310 e. The first-order valence-electron chi connectivity index (χ1n) is 23.0. The van der Waals surface area contributed by atoms with Gasteiger partial charge in [-0.05, 0) is 110 Å². The Morgan fingerprint density at radius 1 is 0.348 bits per heavy atom. The monoisotopic (exact) mass is 844 g/mol. The lowest BCUT2D eigenvalue weighted by Crippen LogP contribution is -2.30. The van der Waals surface area contributed by atoms with Crippen LogP contribution in [0, 0.1) is 0 Å². The van der Waals surface area contributed by atoms with Crippen LogP contribution in [0.15, 0.2) is 255 Å². The maximum Gasteiger partial charge on any atom is 0.0701 e. The van der Waals surface area contributed by atoms with Crippen molar-refractivity contribution in [1.82, 2.24) is 4.57 Å². The summed E-state index contributed by atoms with van der Waals surface area (Å²) >= 11 is 0. The van der Waals surface area contributed by atoms with Crippen LogP contribution < -0.4 is 4.90 Å². The molecule has 11 aromatic rings. The van der Waals surface area contributed by atoms with E-state index < -0.39 is 5.41 Å². The molecule has 0 amide bonds. The number of hydrogen-bond donors (Lipinski definition) is 0. The van der Waals surface area contributed by atoms with Crippen LogP contribution in [0.3, 0.4) is 0 Å². The van der Waals surface area contributed by atoms with E-state index in [1.54, 1.807) is 0 Å². The van der Waals surface area contributed by atoms with Gasteiger partial charge in [-0.15, -0.1) is 0 Å². The third-order valence-electron chi connectivity index (χ3n) is 14.2. The fourth-order valence-electron chi connectivity index (χ4n) is 11.0. The molecule has 0 fully saturated rings. The first-order valence-corrected chi connectivity index (χ1v) is 23.0. The molecule has 0 radical (unpaired) electrons. The van der Waals surface area contributed by atoms with Crippen LogP contribution in [0.1, 0.15) is 47.2 Å². The van der Waals surface area contributed by atoms with Crippen LogP contribution in [-0.4, -0.2) is 4.57 Å². The van der Waals surface area contributed by atoms with E-state index in [2.05, 4.69) is 278 Å². The third kappa shape index (κ3) is 6.25. The third-order valence-corrected chi connectivity index (χ3v) is 14.2. The average molecular weight is 845 g/mol. The van der Waals surface area contributed by atoms with E-state index in [1.807, 2.05) is 0 Å². The molecule has 1 aromatic heterocycles. The molecule has 314 valence electrons. The van der Waals surface area contributed by atoms with Gasteiger partial charge in [0.1, 0.15) is 0 Å². The van der Waals surface area contributed by atoms with Crippen LogP contribution in [0.2, 0.25) is 0 Å². The van der Waals surface area contributed by atoms with Crippen molar-refractivity contribution >= 4 is 38.9 Å². The highest BCUT2D eigenvalue weighted by Crippen LogP contribution is 2.51. The summed E-state index contributed by atoms with van der Waals surface area (Å²) in [5, 5.41) is 2.48. The fraction of sp³-hybridized carbons (Fsp3) is 0.0625. The molecule has 0 spiro atoms. The molecule has 12 rings (SSSR count). The molecule has 0 saturated heterocycles. The van der Waals surface area contributed by atoms with Crippen molar-refractivity contribution in [2.75, 3.05) is 4.90 Å². The predicted octanol–water partition coefficient (Wildman–Crippen LogP) is 16.6. The van der Waals surface area contributed by atoms with Crippen LogP contribution in [0.5, 0.6) is 0 Å². The van der Waals surface area contributed by atoms with Gasteiger partial charge in [0, 0.05) is 38.9 Å². The molecule has 10 aromatic carbocycles. The van der Waals surface area contributed by atoms with E-state index in [4.69, 9.17) is 0 Å². The van der Waals surface area contributed by atoms with Gasteiger partial charge in [0.2, 0.25) is 0 Å². The number of fused-ring (bicyclic) bond motifs is 6. The van der Waals surface area contributed by atoms with Crippen molar-refractivity contribution in [3.05, 3.63) is 288 Å². The maximum atomic E-state index is 2.44. The average Bonchev–Trinajstić information content (AvgIpc) is 3.83. The van der Waals surface area contributed by atoms with Gasteiger partial charge in [-0.1, -0.05) is 214 Å². The second-order valence-electron chi connectivity index (χ2n) is 18.1. The molecule has 1 aliphatic rings. The van der Waals surface area contributed by atoms with E-state index in [9.17, 15) is 0 Å². The lowest BCUT2D eigenvalue weighted by Gasteiger charge is -2.37. The van der Waals surface area contributed by atoms with Crippen LogP contribution in [-0.2, 0) is 10.8 Å². The quantitative estimate of drug-likeness (QED) is 0.131. The first-order chi connectivity index (χ1) is 32.5. The Bertz CT molecular complexity index is 3420. The lowest BCUT2D eigenvalue weighted by molar-refractivity contribution is 0.660. The Hall–Kier alpha value is -8.20. The fourth-order valence-corrected chi connectivity index (χ4v) is 11.0. The van der Waals surface area contributed by atoms with Gasteiger partial charge in [0.25, 0.3) is 0 Å². The van der Waals surface area contributed by atoms with Gasteiger partial charge < -0.3 is 9.47 Å². The van der Waals surface area contributed by atoms with E-state index in [0.717, 1.165) is 22.7 Å². The number of benzene rings is 10. The molecule has 1 heterocycles. The Kier molecular flexibility index (Phi) is 9.43. The van der Waals surface area contributed by atoms with Crippen molar-refractivity contribution in [3.63, 3.8) is 0 Å². The number of aromatic nitrogens is 1. The summed E-state index contributed by atoms with van der Waals surface area (Å²) in [6.07, 6.45) is 0. The SMILES string of the molecule is CC1(C)c2ccccc2-c2ccc(N(c3ccc(-c4ccc(C(c5ccccc5)(c5ccccc5)c5ccccc5)cc4)cc3)c3ccc4c5ccccc5n(-c5ccccc5)c4c3)cc21. The molecule has 2 nitrogen and oxygen atoms in total. The molecule has 0 bridgehead atoms. The zero-order valence-corrected chi connectivity index (χ0v) is 37.1. The van der Waals surface area contributed by atoms with E-state index >= 15 is 0 Å². The highest BCUT2D eigenvalue weighted by Gasteiger charge is 2.38. The van der Waals surface area contributed by atoms with Crippen LogP contribution in [0.4, 0.5) is 17.1 Å². The molecule has 2 heteroatoms. The topological polar surface area (TPSA) is 8.17 Å². The highest BCUT2D eigenvalue weighted by atomic mass is 15.1. The molecule has 66 heavy (non-hydrogen) atoms. The summed E-state index contributed by atoms with van der Waals surface area (Å²) in [6.45, 7) is 4.72. The maximum absolute atomic E-state index is 2.44. The Labute approximate surface area is 387 Å². The second-order valence-corrected chi connectivity index (χ2v) is 18.1. The Morgan fingerprint density at radius 3 is 1.44 bits per heavy atom. The van der Waals surface area contributed by atoms with E-state index in [1.165, 1.54) is 77.4 Å². The number of anilines is 3. The van der Waals surface area contributed by atoms with Crippen molar-refractivity contribution in [2.45, 2.75) is 24.7 Å². The molecule has 0 aliphatic heterocycles. The molecule has 0 N–H and O–H groups in total. The number of para-hydroxylation sites is 2. The predicted molar refractivity (Wildman–Crippen MR) is 277 cm³/mol. The van der Waals surface area contributed by atoms with Gasteiger partial charge in [0.05, 0.1) is 16.4 Å². The first kappa shape index (κ1) is 39.4. The Morgan fingerprint density at radius 2 is 0.803 bits per heavy atom. The van der Waals surface area contributed by atoms with Crippen LogP contribution in [0.25, 0.3) is 49.7 Å². The lowest BCUT2D eigenvalue weighted by atomic mass is 9.65. The minimum Gasteiger partial charge on any atom is -0.310 e.